The molecule has 0 radical (unpaired) electrons. The third kappa shape index (κ3) is 0.860. The molecule has 0 N–H and O–H groups in total. The Hall–Kier alpha value is -1.04. The van der Waals surface area contributed by atoms with Crippen molar-refractivity contribution in [1.82, 2.24) is 0 Å². The van der Waals surface area contributed by atoms with Gasteiger partial charge in [0.1, 0.15) is 0 Å². The maximum Gasteiger partial charge on any atom is -0.00912 e. The molecule has 50 valence electrons. The van der Waals surface area contributed by atoms with Crippen LogP contribution < -0.4 is 0 Å². The minimum absolute atomic E-state index is 1.09. The SMILES string of the molecule is C1=CCC=C2CC=CC2=C1. The minimum atomic E-state index is 1.09. The van der Waals surface area contributed by atoms with Gasteiger partial charge in [-0.25, -0.2) is 0 Å². The van der Waals surface area contributed by atoms with Gasteiger partial charge in [0.25, 0.3) is 0 Å². The predicted molar refractivity (Wildman–Crippen MR) is 43.7 cm³/mol. The van der Waals surface area contributed by atoms with Crippen molar-refractivity contribution in [3.63, 3.8) is 0 Å². The van der Waals surface area contributed by atoms with Crippen LogP contribution in [-0.4, -0.2) is 0 Å². The second-order valence-electron chi connectivity index (χ2n) is 2.62. The first-order chi connectivity index (χ1) is 4.97. The summed E-state index contributed by atoms with van der Waals surface area (Å²) in [5, 5.41) is 0. The molecule has 2 aliphatic carbocycles. The Morgan fingerprint density at radius 2 is 2.20 bits per heavy atom. The van der Waals surface area contributed by atoms with Gasteiger partial charge in [-0.1, -0.05) is 36.5 Å². The molecule has 0 aliphatic heterocycles. The molecule has 0 aromatic carbocycles. The third-order valence-corrected chi connectivity index (χ3v) is 1.92. The molecular weight excluding hydrogens is 120 g/mol. The topological polar surface area (TPSA) is 0 Å². The van der Waals surface area contributed by atoms with Crippen LogP contribution in [0.25, 0.3) is 0 Å². The van der Waals surface area contributed by atoms with Gasteiger partial charge in [0.15, 0.2) is 0 Å². The quantitative estimate of drug-likeness (QED) is 0.473. The zero-order valence-electron chi connectivity index (χ0n) is 5.88. The molecule has 0 saturated heterocycles. The number of fused-ring (bicyclic) bond motifs is 1. The summed E-state index contributed by atoms with van der Waals surface area (Å²) in [6.07, 6.45) is 15.4. The highest BCUT2D eigenvalue weighted by molar-refractivity contribution is 5.49. The van der Waals surface area contributed by atoms with Crippen molar-refractivity contribution >= 4 is 0 Å². The second kappa shape index (κ2) is 2.30. The van der Waals surface area contributed by atoms with Gasteiger partial charge in [-0.15, -0.1) is 0 Å². The van der Waals surface area contributed by atoms with E-state index in [0.29, 0.717) is 0 Å². The van der Waals surface area contributed by atoms with E-state index in [1.165, 1.54) is 11.1 Å². The lowest BCUT2D eigenvalue weighted by molar-refractivity contribution is 1.26. The molecule has 0 aromatic heterocycles. The molecule has 0 unspecified atom stereocenters. The standard InChI is InChI=1S/C10H10/c1-2-5-9-7-4-8-10(9)6-3-1/h1-2,4-7H,3,8H2. The van der Waals surface area contributed by atoms with E-state index in [-0.39, 0.29) is 0 Å². The van der Waals surface area contributed by atoms with Crippen LogP contribution in [0.1, 0.15) is 12.8 Å². The first-order valence-electron chi connectivity index (χ1n) is 3.69. The molecule has 0 heteroatoms. The zero-order chi connectivity index (χ0) is 6.81. The van der Waals surface area contributed by atoms with Gasteiger partial charge < -0.3 is 0 Å². The Labute approximate surface area is 61.3 Å². The van der Waals surface area contributed by atoms with Crippen molar-refractivity contribution in [3.05, 3.63) is 47.6 Å². The molecule has 2 rings (SSSR count). The fourth-order valence-corrected chi connectivity index (χ4v) is 1.36. The monoisotopic (exact) mass is 130 g/mol. The molecule has 0 amide bonds. The van der Waals surface area contributed by atoms with E-state index in [1.54, 1.807) is 0 Å². The van der Waals surface area contributed by atoms with Crippen molar-refractivity contribution in [3.8, 4) is 0 Å². The van der Waals surface area contributed by atoms with Crippen LogP contribution in [0.3, 0.4) is 0 Å². The smallest absolute Gasteiger partial charge is 0.00912 e. The molecule has 10 heavy (non-hydrogen) atoms. The molecule has 0 heterocycles. The summed E-state index contributed by atoms with van der Waals surface area (Å²) in [5.74, 6) is 0. The Morgan fingerprint density at radius 1 is 1.20 bits per heavy atom. The summed E-state index contributed by atoms with van der Waals surface area (Å²) in [4.78, 5) is 0. The van der Waals surface area contributed by atoms with Crippen molar-refractivity contribution < 1.29 is 0 Å². The summed E-state index contributed by atoms with van der Waals surface area (Å²) >= 11 is 0. The predicted octanol–water partition coefficient (Wildman–Crippen LogP) is 2.76. The van der Waals surface area contributed by atoms with E-state index < -0.39 is 0 Å². The number of hydrogen-bond acceptors (Lipinski definition) is 0. The average Bonchev–Trinajstić information content (AvgIpc) is 2.28. The first-order valence-corrected chi connectivity index (χ1v) is 3.69. The van der Waals surface area contributed by atoms with Crippen LogP contribution in [0.5, 0.6) is 0 Å². The largest absolute Gasteiger partial charge is 0.0807 e. The van der Waals surface area contributed by atoms with Gasteiger partial charge in [-0.2, -0.15) is 0 Å². The fraction of sp³-hybridized carbons (Fsp3) is 0.200. The highest BCUT2D eigenvalue weighted by Gasteiger charge is 2.05. The van der Waals surface area contributed by atoms with Crippen LogP contribution >= 0.6 is 0 Å². The van der Waals surface area contributed by atoms with Crippen LogP contribution in [0.15, 0.2) is 47.6 Å². The molecule has 0 atom stereocenters. The molecular formula is C10H10. The fourth-order valence-electron chi connectivity index (χ4n) is 1.36. The lowest BCUT2D eigenvalue weighted by atomic mass is 10.1. The average molecular weight is 130 g/mol. The van der Waals surface area contributed by atoms with Gasteiger partial charge in [0, 0.05) is 0 Å². The summed E-state index contributed by atoms with van der Waals surface area (Å²) < 4.78 is 0. The van der Waals surface area contributed by atoms with Crippen LogP contribution in [0.2, 0.25) is 0 Å². The maximum atomic E-state index is 2.30. The van der Waals surface area contributed by atoms with E-state index in [4.69, 9.17) is 0 Å². The Balaban J connectivity index is 2.41. The van der Waals surface area contributed by atoms with Crippen LogP contribution in [-0.2, 0) is 0 Å². The maximum absolute atomic E-state index is 2.30. The van der Waals surface area contributed by atoms with E-state index in [9.17, 15) is 0 Å². The molecule has 0 spiro atoms. The summed E-state index contributed by atoms with van der Waals surface area (Å²) in [6, 6.07) is 0. The summed E-state index contributed by atoms with van der Waals surface area (Å²) in [7, 11) is 0. The van der Waals surface area contributed by atoms with E-state index in [0.717, 1.165) is 12.8 Å². The molecule has 0 fully saturated rings. The van der Waals surface area contributed by atoms with Crippen molar-refractivity contribution in [1.29, 1.82) is 0 Å². The van der Waals surface area contributed by atoms with Crippen LogP contribution in [0, 0.1) is 0 Å². The first kappa shape index (κ1) is 5.72. The molecule has 0 aromatic rings. The molecule has 0 nitrogen and oxygen atoms in total. The second-order valence-corrected chi connectivity index (χ2v) is 2.62. The van der Waals surface area contributed by atoms with Gasteiger partial charge >= 0.3 is 0 Å². The number of hydrogen-bond donors (Lipinski definition) is 0. The Bertz CT molecular complexity index is 249. The number of rotatable bonds is 0. The highest BCUT2D eigenvalue weighted by Crippen LogP contribution is 2.25. The highest BCUT2D eigenvalue weighted by atomic mass is 14.1. The van der Waals surface area contributed by atoms with Gasteiger partial charge in [0.2, 0.25) is 0 Å². The molecule has 0 bridgehead atoms. The van der Waals surface area contributed by atoms with E-state index in [1.807, 2.05) is 0 Å². The summed E-state index contributed by atoms with van der Waals surface area (Å²) in [5.41, 5.74) is 2.89. The molecule has 2 aliphatic rings. The van der Waals surface area contributed by atoms with Gasteiger partial charge in [-0.05, 0) is 24.0 Å². The van der Waals surface area contributed by atoms with Crippen LogP contribution in [0.4, 0.5) is 0 Å². The molecule has 0 saturated carbocycles. The van der Waals surface area contributed by atoms with Crippen molar-refractivity contribution in [2.75, 3.05) is 0 Å². The van der Waals surface area contributed by atoms with Crippen molar-refractivity contribution in [2.24, 2.45) is 0 Å². The lowest BCUT2D eigenvalue weighted by Gasteiger charge is -1.94. The van der Waals surface area contributed by atoms with E-state index in [2.05, 4.69) is 36.5 Å². The van der Waals surface area contributed by atoms with E-state index >= 15 is 0 Å². The Kier molecular flexibility index (Phi) is 1.31. The summed E-state index contributed by atoms with van der Waals surface area (Å²) in [6.45, 7) is 0. The van der Waals surface area contributed by atoms with Crippen molar-refractivity contribution in [2.45, 2.75) is 12.8 Å². The van der Waals surface area contributed by atoms with Gasteiger partial charge in [-0.3, -0.25) is 0 Å². The zero-order valence-corrected chi connectivity index (χ0v) is 5.88. The minimum Gasteiger partial charge on any atom is -0.0807 e. The third-order valence-electron chi connectivity index (χ3n) is 1.92. The number of allylic oxidation sites excluding steroid dienone is 8. The van der Waals surface area contributed by atoms with Gasteiger partial charge in [0.05, 0.1) is 0 Å². The lowest BCUT2D eigenvalue weighted by Crippen LogP contribution is -1.75. The Morgan fingerprint density at radius 3 is 3.20 bits per heavy atom. The normalized spacial score (nSPS) is 21.6.